The van der Waals surface area contributed by atoms with Gasteiger partial charge in [-0.1, -0.05) is 20.8 Å². The molecule has 1 N–H and O–H groups in total. The van der Waals surface area contributed by atoms with E-state index in [1.54, 1.807) is 0 Å². The van der Waals surface area contributed by atoms with Crippen molar-refractivity contribution in [3.63, 3.8) is 0 Å². The lowest BCUT2D eigenvalue weighted by molar-refractivity contribution is 0.106. The van der Waals surface area contributed by atoms with Crippen molar-refractivity contribution < 1.29 is 14.2 Å². The van der Waals surface area contributed by atoms with E-state index in [0.29, 0.717) is 30.6 Å². The van der Waals surface area contributed by atoms with Crippen LogP contribution in [0.15, 0.2) is 0 Å². The average Bonchev–Trinajstić information content (AvgIpc) is 2.38. The molecule has 3 nitrogen and oxygen atoms in total. The van der Waals surface area contributed by atoms with Crippen LogP contribution in [0.5, 0.6) is 0 Å². The van der Waals surface area contributed by atoms with Crippen molar-refractivity contribution in [2.75, 3.05) is 18.9 Å². The predicted octanol–water partition coefficient (Wildman–Crippen LogP) is 2.34. The quantitative estimate of drug-likeness (QED) is 0.740. The summed E-state index contributed by atoms with van der Waals surface area (Å²) < 4.78 is 17.5. The molecule has 1 saturated heterocycles. The Hall–Kier alpha value is 0.150. The Labute approximate surface area is 86.3 Å². The summed E-state index contributed by atoms with van der Waals surface area (Å²) in [5, 5.41) is 9.32. The summed E-state index contributed by atoms with van der Waals surface area (Å²) in [6.07, 6.45) is 1.56. The van der Waals surface area contributed by atoms with Crippen molar-refractivity contribution in [2.24, 2.45) is 11.8 Å². The number of rotatable bonds is 4. The van der Waals surface area contributed by atoms with Crippen molar-refractivity contribution in [3.05, 3.63) is 0 Å². The third kappa shape index (κ3) is 3.08. The number of hydrogen-bond donors (Lipinski definition) is 1. The van der Waals surface area contributed by atoms with E-state index >= 15 is 0 Å². The van der Waals surface area contributed by atoms with Crippen LogP contribution >= 0.6 is 7.37 Å². The van der Waals surface area contributed by atoms with Crippen molar-refractivity contribution in [1.29, 1.82) is 0 Å². The van der Waals surface area contributed by atoms with Gasteiger partial charge in [-0.3, -0.25) is 4.57 Å². The molecule has 84 valence electrons. The van der Waals surface area contributed by atoms with Crippen molar-refractivity contribution in [2.45, 2.75) is 33.3 Å². The zero-order valence-electron chi connectivity index (χ0n) is 9.27. The van der Waals surface area contributed by atoms with Gasteiger partial charge in [0.15, 0.2) is 0 Å². The molecule has 0 aromatic rings. The Kier molecular flexibility index (Phi) is 4.17. The lowest BCUT2D eigenvalue weighted by Gasteiger charge is -2.15. The fourth-order valence-corrected chi connectivity index (χ4v) is 5.04. The van der Waals surface area contributed by atoms with Crippen LogP contribution in [0.3, 0.4) is 0 Å². The van der Waals surface area contributed by atoms with Crippen LogP contribution in [-0.2, 0) is 9.09 Å². The van der Waals surface area contributed by atoms with Gasteiger partial charge < -0.3 is 9.63 Å². The van der Waals surface area contributed by atoms with Gasteiger partial charge in [-0.2, -0.15) is 0 Å². The van der Waals surface area contributed by atoms with E-state index in [9.17, 15) is 9.67 Å². The number of hydrogen-bond acceptors (Lipinski definition) is 3. The van der Waals surface area contributed by atoms with Gasteiger partial charge in [-0.25, -0.2) is 0 Å². The molecule has 1 rings (SSSR count). The normalized spacial score (nSPS) is 40.0. The fourth-order valence-electron chi connectivity index (χ4n) is 1.76. The Morgan fingerprint density at radius 3 is 2.36 bits per heavy atom. The Balaban J connectivity index is 2.41. The zero-order chi connectivity index (χ0) is 10.8. The van der Waals surface area contributed by atoms with Crippen LogP contribution in [0.2, 0.25) is 0 Å². The lowest BCUT2D eigenvalue weighted by Crippen LogP contribution is -2.13. The third-order valence-electron chi connectivity index (χ3n) is 3.08. The first-order valence-electron chi connectivity index (χ1n) is 5.37. The van der Waals surface area contributed by atoms with E-state index < -0.39 is 13.5 Å². The van der Waals surface area contributed by atoms with E-state index in [4.69, 9.17) is 4.52 Å². The molecule has 0 aromatic heterocycles. The molecule has 1 heterocycles. The van der Waals surface area contributed by atoms with E-state index in [-0.39, 0.29) is 6.61 Å². The maximum Gasteiger partial charge on any atom is 0.203 e. The highest BCUT2D eigenvalue weighted by atomic mass is 31.2. The summed E-state index contributed by atoms with van der Waals surface area (Å²) in [4.78, 5) is 0. The van der Waals surface area contributed by atoms with Gasteiger partial charge in [-0.15, -0.1) is 0 Å². The molecule has 3 atom stereocenters. The molecule has 0 radical (unpaired) electrons. The first-order valence-corrected chi connectivity index (χ1v) is 7.37. The van der Waals surface area contributed by atoms with E-state index in [0.717, 1.165) is 0 Å². The van der Waals surface area contributed by atoms with E-state index in [1.807, 2.05) is 6.92 Å². The van der Waals surface area contributed by atoms with Gasteiger partial charge in [0, 0.05) is 12.3 Å². The maximum absolute atomic E-state index is 12.1. The lowest BCUT2D eigenvalue weighted by atomic mass is 10.0. The van der Waals surface area contributed by atoms with Crippen LogP contribution < -0.4 is 0 Å². The van der Waals surface area contributed by atoms with Gasteiger partial charge in [0.05, 0.1) is 12.7 Å². The van der Waals surface area contributed by atoms with Crippen LogP contribution in [0, 0.1) is 11.8 Å². The average molecular weight is 220 g/mol. The fraction of sp³-hybridized carbons (Fsp3) is 1.00. The van der Waals surface area contributed by atoms with E-state index in [2.05, 4.69) is 13.8 Å². The summed E-state index contributed by atoms with van der Waals surface area (Å²) in [6, 6.07) is 0. The van der Waals surface area contributed by atoms with Crippen molar-refractivity contribution >= 4 is 7.37 Å². The molecule has 1 aliphatic rings. The molecular formula is C10H21O3P. The molecule has 4 heteroatoms. The van der Waals surface area contributed by atoms with Crippen LogP contribution in [0.4, 0.5) is 0 Å². The van der Waals surface area contributed by atoms with Crippen LogP contribution in [0.1, 0.15) is 27.2 Å². The van der Waals surface area contributed by atoms with Gasteiger partial charge in [0.1, 0.15) is 0 Å². The topological polar surface area (TPSA) is 46.5 Å². The zero-order valence-corrected chi connectivity index (χ0v) is 10.2. The smallest absolute Gasteiger partial charge is 0.203 e. The predicted molar refractivity (Wildman–Crippen MR) is 57.9 cm³/mol. The van der Waals surface area contributed by atoms with Crippen LogP contribution in [-0.4, -0.2) is 30.1 Å². The molecule has 14 heavy (non-hydrogen) atoms. The molecular weight excluding hydrogens is 199 g/mol. The van der Waals surface area contributed by atoms with Crippen molar-refractivity contribution in [3.8, 4) is 0 Å². The summed E-state index contributed by atoms with van der Waals surface area (Å²) in [5.74, 6) is 0.971. The highest BCUT2D eigenvalue weighted by molar-refractivity contribution is 7.59. The Morgan fingerprint density at radius 2 is 1.93 bits per heavy atom. The highest BCUT2D eigenvalue weighted by Gasteiger charge is 2.38. The van der Waals surface area contributed by atoms with Gasteiger partial charge in [-0.05, 0) is 18.3 Å². The molecule has 1 fully saturated rings. The second-order valence-corrected chi connectivity index (χ2v) is 7.11. The molecule has 1 aliphatic heterocycles. The standard InChI is InChI=1S/C10H21O3P/c1-4-10(11)5-13-14(12)6-8(2)9(3)7-14/h8-11H,4-7H2,1-3H3. The highest BCUT2D eigenvalue weighted by Crippen LogP contribution is 2.57. The summed E-state index contributed by atoms with van der Waals surface area (Å²) >= 11 is 0. The molecule has 0 spiro atoms. The SMILES string of the molecule is CCC(O)COP1(=O)CC(C)C(C)C1. The Bertz CT molecular complexity index is 215. The molecule has 3 unspecified atom stereocenters. The first-order chi connectivity index (χ1) is 6.47. The van der Waals surface area contributed by atoms with Gasteiger partial charge in [0.2, 0.25) is 7.37 Å². The second-order valence-electron chi connectivity index (χ2n) is 4.49. The van der Waals surface area contributed by atoms with Crippen molar-refractivity contribution in [1.82, 2.24) is 0 Å². The Morgan fingerprint density at radius 1 is 1.43 bits per heavy atom. The second kappa shape index (κ2) is 4.78. The largest absolute Gasteiger partial charge is 0.391 e. The molecule has 0 aliphatic carbocycles. The van der Waals surface area contributed by atoms with Gasteiger partial charge >= 0.3 is 0 Å². The maximum atomic E-state index is 12.1. The van der Waals surface area contributed by atoms with E-state index in [1.165, 1.54) is 0 Å². The minimum atomic E-state index is -2.41. The number of aliphatic hydroxyl groups is 1. The molecule has 0 saturated carbocycles. The minimum absolute atomic E-state index is 0.229. The first kappa shape index (κ1) is 12.2. The van der Waals surface area contributed by atoms with Crippen LogP contribution in [0.25, 0.3) is 0 Å². The molecule has 0 amide bonds. The minimum Gasteiger partial charge on any atom is -0.391 e. The third-order valence-corrected chi connectivity index (χ3v) is 5.96. The summed E-state index contributed by atoms with van der Waals surface area (Å²) in [7, 11) is -2.41. The number of aliphatic hydroxyl groups excluding tert-OH is 1. The summed E-state index contributed by atoms with van der Waals surface area (Å²) in [6.45, 7) is 6.35. The molecule has 0 bridgehead atoms. The monoisotopic (exact) mass is 220 g/mol. The molecule has 0 aromatic carbocycles. The van der Waals surface area contributed by atoms with Gasteiger partial charge in [0.25, 0.3) is 0 Å². The summed E-state index contributed by atoms with van der Waals surface area (Å²) in [5.41, 5.74) is 0.